The number of carbonyl (C=O) groups is 1. The van der Waals surface area contributed by atoms with Gasteiger partial charge in [0, 0.05) is 22.0 Å². The second-order valence-electron chi connectivity index (χ2n) is 4.08. The molecule has 0 aliphatic carbocycles. The number of benzene rings is 1. The van der Waals surface area contributed by atoms with Crippen LogP contribution in [0.3, 0.4) is 0 Å². The molecule has 3 heteroatoms. The Balaban J connectivity index is 2.15. The normalized spacial score (nSPS) is 20.2. The first-order valence-electron chi connectivity index (χ1n) is 5.79. The van der Waals surface area contributed by atoms with Crippen LogP contribution in [0.4, 0.5) is 0 Å². The van der Waals surface area contributed by atoms with Crippen molar-refractivity contribution in [1.82, 2.24) is 0 Å². The van der Waals surface area contributed by atoms with Crippen molar-refractivity contribution < 1.29 is 4.79 Å². The largest absolute Gasteiger partial charge is 0.295 e. The van der Waals surface area contributed by atoms with E-state index >= 15 is 0 Å². The SMILES string of the molecule is CCSC1=CC(=O)C[C@H](c2ccc(C)cc2)S1. The van der Waals surface area contributed by atoms with Crippen molar-refractivity contribution in [3.8, 4) is 0 Å². The lowest BCUT2D eigenvalue weighted by atomic mass is 10.1. The highest BCUT2D eigenvalue weighted by molar-refractivity contribution is 8.22. The lowest BCUT2D eigenvalue weighted by Gasteiger charge is -2.21. The van der Waals surface area contributed by atoms with E-state index in [0.717, 1.165) is 9.99 Å². The van der Waals surface area contributed by atoms with Crippen LogP contribution in [-0.4, -0.2) is 11.5 Å². The smallest absolute Gasteiger partial charge is 0.158 e. The fourth-order valence-corrected chi connectivity index (χ4v) is 4.27. The number of aryl methyl sites for hydroxylation is 1. The van der Waals surface area contributed by atoms with Crippen molar-refractivity contribution in [3.63, 3.8) is 0 Å². The molecule has 0 bridgehead atoms. The van der Waals surface area contributed by atoms with E-state index in [1.165, 1.54) is 11.1 Å². The van der Waals surface area contributed by atoms with E-state index in [1.54, 1.807) is 17.8 Å². The van der Waals surface area contributed by atoms with Crippen LogP contribution < -0.4 is 0 Å². The molecule has 0 radical (unpaired) electrons. The molecule has 0 amide bonds. The van der Waals surface area contributed by atoms with E-state index in [2.05, 4.69) is 38.1 Å². The predicted molar refractivity (Wildman–Crippen MR) is 77.4 cm³/mol. The lowest BCUT2D eigenvalue weighted by molar-refractivity contribution is -0.114. The maximum Gasteiger partial charge on any atom is 0.158 e. The highest BCUT2D eigenvalue weighted by Crippen LogP contribution is 2.45. The Kier molecular flexibility index (Phi) is 4.35. The summed E-state index contributed by atoms with van der Waals surface area (Å²) in [5.74, 6) is 1.28. The third-order valence-corrected chi connectivity index (χ3v) is 5.07. The van der Waals surface area contributed by atoms with Gasteiger partial charge >= 0.3 is 0 Å². The molecular formula is C14H16OS2. The van der Waals surface area contributed by atoms with Crippen LogP contribution in [-0.2, 0) is 4.79 Å². The fourth-order valence-electron chi connectivity index (χ4n) is 1.77. The van der Waals surface area contributed by atoms with Crippen molar-refractivity contribution >= 4 is 29.3 Å². The minimum atomic E-state index is 0.255. The summed E-state index contributed by atoms with van der Waals surface area (Å²) in [6.45, 7) is 4.20. The van der Waals surface area contributed by atoms with Crippen molar-refractivity contribution in [3.05, 3.63) is 45.7 Å². The van der Waals surface area contributed by atoms with Crippen molar-refractivity contribution in [2.24, 2.45) is 0 Å². The van der Waals surface area contributed by atoms with Crippen LogP contribution in [0.15, 0.2) is 34.6 Å². The van der Waals surface area contributed by atoms with Gasteiger partial charge in [-0.2, -0.15) is 0 Å². The molecule has 0 saturated carbocycles. The number of carbonyl (C=O) groups excluding carboxylic acids is 1. The van der Waals surface area contributed by atoms with Gasteiger partial charge < -0.3 is 0 Å². The molecule has 0 N–H and O–H groups in total. The number of hydrogen-bond acceptors (Lipinski definition) is 3. The van der Waals surface area contributed by atoms with E-state index in [0.29, 0.717) is 11.7 Å². The number of ketones is 1. The summed E-state index contributed by atoms with van der Waals surface area (Å²) in [5.41, 5.74) is 2.52. The molecule has 1 aromatic carbocycles. The minimum absolute atomic E-state index is 0.255. The van der Waals surface area contributed by atoms with Crippen molar-refractivity contribution in [2.75, 3.05) is 5.75 Å². The van der Waals surface area contributed by atoms with Gasteiger partial charge in [0.15, 0.2) is 5.78 Å². The van der Waals surface area contributed by atoms with Gasteiger partial charge in [0.1, 0.15) is 0 Å². The number of allylic oxidation sites excluding steroid dienone is 1. The van der Waals surface area contributed by atoms with Crippen LogP contribution in [0.5, 0.6) is 0 Å². The van der Waals surface area contributed by atoms with Gasteiger partial charge in [0.25, 0.3) is 0 Å². The highest BCUT2D eigenvalue weighted by atomic mass is 32.2. The van der Waals surface area contributed by atoms with E-state index in [-0.39, 0.29) is 5.78 Å². The van der Waals surface area contributed by atoms with Crippen LogP contribution in [0.25, 0.3) is 0 Å². The molecule has 2 rings (SSSR count). The minimum Gasteiger partial charge on any atom is -0.295 e. The molecule has 1 nitrogen and oxygen atoms in total. The first-order chi connectivity index (χ1) is 8.19. The molecule has 0 saturated heterocycles. The second-order valence-corrected chi connectivity index (χ2v) is 6.89. The molecule has 90 valence electrons. The zero-order chi connectivity index (χ0) is 12.3. The van der Waals surface area contributed by atoms with E-state index < -0.39 is 0 Å². The predicted octanol–water partition coefficient (Wildman–Crippen LogP) is 4.34. The van der Waals surface area contributed by atoms with E-state index in [1.807, 2.05) is 11.8 Å². The van der Waals surface area contributed by atoms with E-state index in [4.69, 9.17) is 0 Å². The van der Waals surface area contributed by atoms with Crippen LogP contribution in [0.1, 0.15) is 29.7 Å². The molecule has 1 heterocycles. The zero-order valence-electron chi connectivity index (χ0n) is 10.1. The van der Waals surface area contributed by atoms with Gasteiger partial charge in [-0.15, -0.1) is 23.5 Å². The molecule has 1 atom stereocenters. The maximum absolute atomic E-state index is 11.7. The molecule has 1 aliphatic rings. The number of hydrogen-bond donors (Lipinski definition) is 0. The Morgan fingerprint density at radius 3 is 2.71 bits per heavy atom. The Bertz CT molecular complexity index is 434. The summed E-state index contributed by atoms with van der Waals surface area (Å²) in [7, 11) is 0. The molecule has 0 unspecified atom stereocenters. The second kappa shape index (κ2) is 5.78. The topological polar surface area (TPSA) is 17.1 Å². The monoisotopic (exact) mass is 264 g/mol. The maximum atomic E-state index is 11.7. The average Bonchev–Trinajstić information content (AvgIpc) is 2.29. The van der Waals surface area contributed by atoms with E-state index in [9.17, 15) is 4.79 Å². The Morgan fingerprint density at radius 2 is 2.06 bits per heavy atom. The van der Waals surface area contributed by atoms with Crippen molar-refractivity contribution in [2.45, 2.75) is 25.5 Å². The standard InChI is InChI=1S/C14H16OS2/c1-3-16-14-9-12(15)8-13(17-14)11-6-4-10(2)5-7-11/h4-7,9,13H,3,8H2,1-2H3/t13-/m1/s1. The summed E-state index contributed by atoms with van der Waals surface area (Å²) < 4.78 is 1.16. The first-order valence-corrected chi connectivity index (χ1v) is 7.66. The summed E-state index contributed by atoms with van der Waals surface area (Å²) in [6, 6.07) is 8.51. The van der Waals surface area contributed by atoms with Gasteiger partial charge in [-0.05, 0) is 18.2 Å². The first kappa shape index (κ1) is 12.8. The Hall–Kier alpha value is -0.670. The highest BCUT2D eigenvalue weighted by Gasteiger charge is 2.22. The molecule has 1 aliphatic heterocycles. The third kappa shape index (κ3) is 3.39. The quantitative estimate of drug-likeness (QED) is 0.808. The Morgan fingerprint density at radius 1 is 1.35 bits per heavy atom. The van der Waals surface area contributed by atoms with Gasteiger partial charge in [-0.3, -0.25) is 4.79 Å². The average molecular weight is 264 g/mol. The van der Waals surface area contributed by atoms with Gasteiger partial charge in [0.2, 0.25) is 0 Å². The summed E-state index contributed by atoms with van der Waals surface area (Å²) in [5, 5.41) is 0.294. The molecule has 0 fully saturated rings. The third-order valence-electron chi connectivity index (χ3n) is 2.66. The van der Waals surface area contributed by atoms with Gasteiger partial charge in [0.05, 0.1) is 0 Å². The summed E-state index contributed by atoms with van der Waals surface area (Å²) in [4.78, 5) is 11.7. The summed E-state index contributed by atoms with van der Waals surface area (Å²) >= 11 is 3.58. The molecule has 17 heavy (non-hydrogen) atoms. The van der Waals surface area contributed by atoms with Crippen LogP contribution in [0, 0.1) is 6.92 Å². The fraction of sp³-hybridized carbons (Fsp3) is 0.357. The number of rotatable bonds is 3. The van der Waals surface area contributed by atoms with Crippen molar-refractivity contribution in [1.29, 1.82) is 0 Å². The van der Waals surface area contributed by atoms with Crippen LogP contribution >= 0.6 is 23.5 Å². The summed E-state index contributed by atoms with van der Waals surface area (Å²) in [6.07, 6.45) is 2.42. The molecular weight excluding hydrogens is 248 g/mol. The van der Waals surface area contributed by atoms with Gasteiger partial charge in [-0.25, -0.2) is 0 Å². The van der Waals surface area contributed by atoms with Crippen LogP contribution in [0.2, 0.25) is 0 Å². The molecule has 0 spiro atoms. The molecule has 1 aromatic rings. The molecule has 0 aromatic heterocycles. The zero-order valence-corrected chi connectivity index (χ0v) is 11.7. The Labute approximate surface area is 111 Å². The number of thioether (sulfide) groups is 2. The van der Waals surface area contributed by atoms with Gasteiger partial charge in [-0.1, -0.05) is 36.8 Å². The lowest BCUT2D eigenvalue weighted by Crippen LogP contribution is -2.07.